The summed E-state index contributed by atoms with van der Waals surface area (Å²) in [7, 11) is 3.96. The zero-order chi connectivity index (χ0) is 15.8. The van der Waals surface area contributed by atoms with Crippen molar-refractivity contribution < 1.29 is 19.7 Å². The molecule has 2 rings (SSSR count). The molecule has 1 aliphatic rings. The number of rotatable bonds is 2. The molecule has 114 valence electrons. The van der Waals surface area contributed by atoms with Crippen molar-refractivity contribution in [1.29, 1.82) is 0 Å². The molecule has 21 heavy (non-hydrogen) atoms. The standard InChI is InChI=1S/C15H20N2O4/c1-9(2)21-15(20)16-11-5-10-6-13(18)14(19)7-12(10)17(3,4)8-11/h6-7,11H,1,5,8H2,2-4H3,(H2-,16,18,19,20)/p+1. The number of amides is 1. The van der Waals surface area contributed by atoms with Crippen molar-refractivity contribution in [2.45, 2.75) is 19.4 Å². The molecule has 0 saturated heterocycles. The predicted molar refractivity (Wildman–Crippen MR) is 80.2 cm³/mol. The number of hydrogen-bond donors (Lipinski definition) is 3. The number of nitrogens with one attached hydrogen (secondary N) is 1. The van der Waals surface area contributed by atoms with E-state index in [1.165, 1.54) is 0 Å². The summed E-state index contributed by atoms with van der Waals surface area (Å²) >= 11 is 0. The third kappa shape index (κ3) is 3.28. The third-order valence-electron chi connectivity index (χ3n) is 3.56. The maximum atomic E-state index is 11.7. The van der Waals surface area contributed by atoms with E-state index < -0.39 is 6.09 Å². The van der Waals surface area contributed by atoms with Gasteiger partial charge in [0.15, 0.2) is 11.5 Å². The highest BCUT2D eigenvalue weighted by Gasteiger charge is 2.35. The maximum absolute atomic E-state index is 11.7. The maximum Gasteiger partial charge on any atom is 0.412 e. The molecule has 0 radical (unpaired) electrons. The van der Waals surface area contributed by atoms with Crippen LogP contribution in [-0.2, 0) is 11.2 Å². The summed E-state index contributed by atoms with van der Waals surface area (Å²) in [6.45, 7) is 5.79. The van der Waals surface area contributed by atoms with Gasteiger partial charge in [0.25, 0.3) is 0 Å². The summed E-state index contributed by atoms with van der Waals surface area (Å²) in [5.41, 5.74) is 1.82. The molecule has 0 bridgehead atoms. The van der Waals surface area contributed by atoms with Gasteiger partial charge in [-0.2, -0.15) is 0 Å². The number of nitrogens with zero attached hydrogens (tertiary/aromatic N) is 1. The first-order valence-electron chi connectivity index (χ1n) is 6.71. The van der Waals surface area contributed by atoms with Gasteiger partial charge in [-0.3, -0.25) is 4.48 Å². The molecule has 1 atom stereocenters. The summed E-state index contributed by atoms with van der Waals surface area (Å²) in [5, 5.41) is 22.1. The Morgan fingerprint density at radius 2 is 2.00 bits per heavy atom. The van der Waals surface area contributed by atoms with Gasteiger partial charge >= 0.3 is 6.09 Å². The average molecular weight is 293 g/mol. The first kappa shape index (κ1) is 15.2. The smallest absolute Gasteiger partial charge is 0.412 e. The van der Waals surface area contributed by atoms with Crippen LogP contribution in [0, 0.1) is 0 Å². The van der Waals surface area contributed by atoms with Crippen molar-refractivity contribution in [3.63, 3.8) is 0 Å². The van der Waals surface area contributed by atoms with Gasteiger partial charge in [-0.25, -0.2) is 4.79 Å². The monoisotopic (exact) mass is 293 g/mol. The second kappa shape index (κ2) is 5.29. The number of phenols is 2. The molecular weight excluding hydrogens is 272 g/mol. The highest BCUT2D eigenvalue weighted by atomic mass is 16.6. The molecule has 0 fully saturated rings. The van der Waals surface area contributed by atoms with Gasteiger partial charge in [0, 0.05) is 18.1 Å². The number of carbonyl (C=O) groups is 1. The topological polar surface area (TPSA) is 78.8 Å². The van der Waals surface area contributed by atoms with Crippen LogP contribution in [0.1, 0.15) is 12.5 Å². The predicted octanol–water partition coefficient (Wildman–Crippen LogP) is 1.85. The van der Waals surface area contributed by atoms with E-state index >= 15 is 0 Å². The van der Waals surface area contributed by atoms with Crippen LogP contribution in [0.25, 0.3) is 0 Å². The highest BCUT2D eigenvalue weighted by molar-refractivity contribution is 5.69. The molecule has 0 spiro atoms. The van der Waals surface area contributed by atoms with E-state index in [-0.39, 0.29) is 17.5 Å². The van der Waals surface area contributed by atoms with Crippen LogP contribution in [0.15, 0.2) is 24.5 Å². The number of quaternary nitrogens is 1. The van der Waals surface area contributed by atoms with E-state index in [0.717, 1.165) is 11.3 Å². The molecule has 0 saturated carbocycles. The number of likely N-dealkylation sites (N-methyl/N-ethyl adjacent to an activating group) is 1. The van der Waals surface area contributed by atoms with Gasteiger partial charge in [0.1, 0.15) is 12.2 Å². The normalized spacial score (nSPS) is 19.5. The van der Waals surface area contributed by atoms with Crippen LogP contribution in [-0.4, -0.2) is 43.0 Å². The molecule has 1 unspecified atom stereocenters. The minimum atomic E-state index is -0.529. The summed E-state index contributed by atoms with van der Waals surface area (Å²) in [6.07, 6.45) is 0.0369. The lowest BCUT2D eigenvalue weighted by Crippen LogP contribution is -2.56. The molecule has 6 nitrogen and oxygen atoms in total. The fraction of sp³-hybridized carbons (Fsp3) is 0.400. The third-order valence-corrected chi connectivity index (χ3v) is 3.56. The van der Waals surface area contributed by atoms with Gasteiger partial charge in [-0.1, -0.05) is 6.58 Å². The Kier molecular flexibility index (Phi) is 3.82. The molecule has 0 aromatic heterocycles. The quantitative estimate of drug-likeness (QED) is 0.442. The number of allylic oxidation sites excluding steroid dienone is 1. The van der Waals surface area contributed by atoms with Crippen molar-refractivity contribution in [3.8, 4) is 11.5 Å². The number of phenolic OH excluding ortho intramolecular Hbond substituents is 2. The fourth-order valence-corrected chi connectivity index (χ4v) is 2.77. The number of fused-ring (bicyclic) bond motifs is 1. The summed E-state index contributed by atoms with van der Waals surface area (Å²) in [5.74, 6) is 0.0481. The minimum Gasteiger partial charge on any atom is -0.504 e. The Balaban J connectivity index is 2.22. The lowest BCUT2D eigenvalue weighted by Gasteiger charge is -2.39. The van der Waals surface area contributed by atoms with Crippen LogP contribution in [0.2, 0.25) is 0 Å². The Morgan fingerprint density at radius 1 is 1.38 bits per heavy atom. The van der Waals surface area contributed by atoms with Crippen molar-refractivity contribution in [2.24, 2.45) is 0 Å². The van der Waals surface area contributed by atoms with E-state index in [1.54, 1.807) is 19.1 Å². The summed E-state index contributed by atoms with van der Waals surface area (Å²) < 4.78 is 5.40. The first-order chi connectivity index (χ1) is 9.69. The van der Waals surface area contributed by atoms with Gasteiger partial charge in [-0.05, 0) is 13.0 Å². The fourth-order valence-electron chi connectivity index (χ4n) is 2.77. The molecule has 0 aliphatic carbocycles. The van der Waals surface area contributed by atoms with E-state index in [4.69, 9.17) is 4.74 Å². The van der Waals surface area contributed by atoms with E-state index in [9.17, 15) is 15.0 Å². The van der Waals surface area contributed by atoms with Crippen molar-refractivity contribution in [2.75, 3.05) is 20.6 Å². The SMILES string of the molecule is C=C(C)OC(=O)NC1Cc2cc(O)c(O)cc2[N+](C)(C)C1. The first-order valence-corrected chi connectivity index (χ1v) is 6.71. The highest BCUT2D eigenvalue weighted by Crippen LogP contribution is 2.38. The number of hydrogen-bond acceptors (Lipinski definition) is 4. The number of alkyl carbamates (subject to hydrolysis) is 1. The van der Waals surface area contributed by atoms with Crippen molar-refractivity contribution >= 4 is 11.8 Å². The summed E-state index contributed by atoms with van der Waals surface area (Å²) in [4.78, 5) is 11.7. The lowest BCUT2D eigenvalue weighted by atomic mass is 9.96. The summed E-state index contributed by atoms with van der Waals surface area (Å²) in [6, 6.07) is 3.00. The second-order valence-corrected chi connectivity index (χ2v) is 5.97. The van der Waals surface area contributed by atoms with Crippen LogP contribution < -0.4 is 9.80 Å². The zero-order valence-electron chi connectivity index (χ0n) is 12.5. The van der Waals surface area contributed by atoms with E-state index in [1.807, 2.05) is 14.1 Å². The van der Waals surface area contributed by atoms with Crippen LogP contribution in [0.4, 0.5) is 10.5 Å². The molecule has 3 N–H and O–H groups in total. The Labute approximate surface area is 123 Å². The van der Waals surface area contributed by atoms with Gasteiger partial charge in [-0.15, -0.1) is 0 Å². The van der Waals surface area contributed by atoms with Gasteiger partial charge in [0.05, 0.1) is 25.9 Å². The zero-order valence-corrected chi connectivity index (χ0v) is 12.5. The number of carbonyl (C=O) groups excluding carboxylic acids is 1. The second-order valence-electron chi connectivity index (χ2n) is 5.97. The van der Waals surface area contributed by atoms with Crippen molar-refractivity contribution in [1.82, 2.24) is 9.80 Å². The Morgan fingerprint density at radius 3 is 2.62 bits per heavy atom. The molecule has 6 heteroatoms. The molecule has 1 amide bonds. The lowest BCUT2D eigenvalue weighted by molar-refractivity contribution is 0.168. The van der Waals surface area contributed by atoms with E-state index in [2.05, 4.69) is 11.9 Å². The Hall–Kier alpha value is -2.21. The largest absolute Gasteiger partial charge is 0.504 e. The Bertz CT molecular complexity index is 596. The van der Waals surface area contributed by atoms with Crippen LogP contribution >= 0.6 is 0 Å². The molecular formula is C15H21N2O4+. The van der Waals surface area contributed by atoms with Crippen LogP contribution in [0.5, 0.6) is 11.5 Å². The average Bonchev–Trinajstić information content (AvgIpc) is 2.30. The van der Waals surface area contributed by atoms with Crippen LogP contribution in [0.3, 0.4) is 0 Å². The number of ether oxygens (including phenoxy) is 1. The number of aromatic hydroxyl groups is 2. The minimum absolute atomic E-state index is 0.122. The molecule has 1 heterocycles. The van der Waals surface area contributed by atoms with Gasteiger partial charge in [0.2, 0.25) is 0 Å². The van der Waals surface area contributed by atoms with Gasteiger partial charge < -0.3 is 20.3 Å². The molecule has 1 aromatic carbocycles. The van der Waals surface area contributed by atoms with Crippen molar-refractivity contribution in [3.05, 3.63) is 30.0 Å². The van der Waals surface area contributed by atoms with E-state index in [0.29, 0.717) is 23.2 Å². The molecule has 1 aromatic rings. The number of benzene rings is 1. The molecule has 1 aliphatic heterocycles.